The van der Waals surface area contributed by atoms with E-state index in [0.29, 0.717) is 0 Å². The maximum absolute atomic E-state index is 10.3. The van der Waals surface area contributed by atoms with E-state index in [2.05, 4.69) is 9.15 Å². The van der Waals surface area contributed by atoms with Crippen LogP contribution in [0.4, 0.5) is 4.79 Å². The van der Waals surface area contributed by atoms with Crippen molar-refractivity contribution in [3.8, 4) is 5.75 Å². The second-order valence-corrected chi connectivity index (χ2v) is 1.46. The Balaban J connectivity index is 2.48. The van der Waals surface area contributed by atoms with Crippen LogP contribution < -0.4 is 10.2 Å². The number of furan rings is 1. The van der Waals surface area contributed by atoms with E-state index < -0.39 is 6.09 Å². The van der Waals surface area contributed by atoms with Gasteiger partial charge in [-0.25, -0.2) is 10.3 Å². The minimum absolute atomic E-state index is 0.242. The third-order valence-electron chi connectivity index (χ3n) is 0.797. The van der Waals surface area contributed by atoms with E-state index in [-0.39, 0.29) is 5.75 Å². The summed E-state index contributed by atoms with van der Waals surface area (Å²) in [6, 6.07) is 1.44. The summed E-state index contributed by atoms with van der Waals surface area (Å²) >= 11 is 0. The fourth-order valence-electron chi connectivity index (χ4n) is 0.440. The van der Waals surface area contributed by atoms with E-state index in [9.17, 15) is 4.79 Å². The number of ether oxygens (including phenoxy) is 1. The van der Waals surface area contributed by atoms with Gasteiger partial charge in [0.25, 0.3) is 0 Å². The Hall–Kier alpha value is -1.49. The monoisotopic (exact) mass is 143 g/mol. The van der Waals surface area contributed by atoms with Crippen molar-refractivity contribution < 1.29 is 19.2 Å². The number of carbonyl (C=O) groups is 1. The molecule has 0 aliphatic carbocycles. The van der Waals surface area contributed by atoms with Crippen molar-refractivity contribution in [1.29, 1.82) is 0 Å². The van der Waals surface area contributed by atoms with Crippen LogP contribution in [0.5, 0.6) is 5.75 Å². The normalized spacial score (nSPS) is 8.90. The minimum Gasteiger partial charge on any atom is -0.469 e. The molecule has 1 aromatic rings. The van der Waals surface area contributed by atoms with E-state index >= 15 is 0 Å². The molecule has 1 amide bonds. The maximum atomic E-state index is 10.3. The molecule has 0 spiro atoms. The fourth-order valence-corrected chi connectivity index (χ4v) is 0.440. The van der Waals surface area contributed by atoms with Crippen LogP contribution in [0.15, 0.2) is 23.0 Å². The molecule has 0 aromatic carbocycles. The Morgan fingerprint density at radius 2 is 2.60 bits per heavy atom. The van der Waals surface area contributed by atoms with Crippen molar-refractivity contribution >= 4 is 6.09 Å². The third kappa shape index (κ3) is 1.49. The number of nitrogens with one attached hydrogen (secondary N) is 1. The number of amides is 1. The van der Waals surface area contributed by atoms with Crippen LogP contribution in [0.1, 0.15) is 0 Å². The highest BCUT2D eigenvalue weighted by atomic mass is 16.6. The van der Waals surface area contributed by atoms with Gasteiger partial charge in [-0.2, -0.15) is 0 Å². The molecular formula is C5H5NO4. The van der Waals surface area contributed by atoms with Crippen LogP contribution in [0.25, 0.3) is 0 Å². The zero-order chi connectivity index (χ0) is 7.40. The first-order valence-electron chi connectivity index (χ1n) is 2.47. The summed E-state index contributed by atoms with van der Waals surface area (Å²) in [5.41, 5.74) is 1.30. The molecule has 0 saturated carbocycles. The molecule has 5 heteroatoms. The van der Waals surface area contributed by atoms with E-state index in [1.807, 2.05) is 0 Å². The highest BCUT2D eigenvalue weighted by molar-refractivity contribution is 5.68. The largest absolute Gasteiger partial charge is 0.469 e. The first-order chi connectivity index (χ1) is 4.83. The number of hydrogen-bond donors (Lipinski definition) is 2. The lowest BCUT2D eigenvalue weighted by Crippen LogP contribution is -2.22. The lowest BCUT2D eigenvalue weighted by molar-refractivity contribution is 0.127. The van der Waals surface area contributed by atoms with Crippen molar-refractivity contribution in [2.75, 3.05) is 0 Å². The van der Waals surface area contributed by atoms with E-state index in [0.717, 1.165) is 0 Å². The van der Waals surface area contributed by atoms with Crippen molar-refractivity contribution in [2.45, 2.75) is 0 Å². The molecule has 0 radical (unpaired) electrons. The van der Waals surface area contributed by atoms with E-state index in [4.69, 9.17) is 5.21 Å². The standard InChI is InChI=1S/C5H5NO4/c7-5(6-8)10-4-1-2-9-3-4/h1-3,8H,(H,6,7). The second-order valence-electron chi connectivity index (χ2n) is 1.46. The summed E-state index contributed by atoms with van der Waals surface area (Å²) in [6.45, 7) is 0. The van der Waals surface area contributed by atoms with Crippen LogP contribution in [0, 0.1) is 0 Å². The topological polar surface area (TPSA) is 71.7 Å². The molecule has 0 fully saturated rings. The highest BCUT2D eigenvalue weighted by Gasteiger charge is 2.01. The van der Waals surface area contributed by atoms with Crippen molar-refractivity contribution in [2.24, 2.45) is 0 Å². The van der Waals surface area contributed by atoms with Gasteiger partial charge < -0.3 is 9.15 Å². The molecule has 0 saturated heterocycles. The van der Waals surface area contributed by atoms with Crippen molar-refractivity contribution in [3.63, 3.8) is 0 Å². The maximum Gasteiger partial charge on any atom is 0.436 e. The summed E-state index contributed by atoms with van der Waals surface area (Å²) in [5.74, 6) is 0.242. The molecule has 10 heavy (non-hydrogen) atoms. The van der Waals surface area contributed by atoms with Crippen molar-refractivity contribution in [3.05, 3.63) is 18.6 Å². The lowest BCUT2D eigenvalue weighted by Gasteiger charge is -1.95. The van der Waals surface area contributed by atoms with Gasteiger partial charge in [0.15, 0.2) is 5.75 Å². The molecule has 0 aliphatic heterocycles. The average molecular weight is 143 g/mol. The lowest BCUT2D eigenvalue weighted by atomic mass is 10.6. The molecule has 0 bridgehead atoms. The third-order valence-corrected chi connectivity index (χ3v) is 0.797. The molecule has 0 atom stereocenters. The first-order valence-corrected chi connectivity index (χ1v) is 2.47. The highest BCUT2D eigenvalue weighted by Crippen LogP contribution is 2.09. The smallest absolute Gasteiger partial charge is 0.436 e. The summed E-state index contributed by atoms with van der Waals surface area (Å²) in [4.78, 5) is 10.3. The Labute approximate surface area is 56.2 Å². The quantitative estimate of drug-likeness (QED) is 0.449. The van der Waals surface area contributed by atoms with Gasteiger partial charge in [-0.1, -0.05) is 0 Å². The molecule has 0 aliphatic rings. The Kier molecular flexibility index (Phi) is 1.91. The van der Waals surface area contributed by atoms with Crippen LogP contribution in [0.2, 0.25) is 0 Å². The zero-order valence-corrected chi connectivity index (χ0v) is 4.90. The van der Waals surface area contributed by atoms with Crippen molar-refractivity contribution in [1.82, 2.24) is 5.48 Å². The summed E-state index contributed by atoms with van der Waals surface area (Å²) in [6.07, 6.45) is 1.64. The van der Waals surface area contributed by atoms with Gasteiger partial charge in [0.2, 0.25) is 0 Å². The van der Waals surface area contributed by atoms with Gasteiger partial charge in [0.05, 0.1) is 6.26 Å². The molecule has 0 unspecified atom stereocenters. The Morgan fingerprint density at radius 1 is 1.80 bits per heavy atom. The minimum atomic E-state index is -0.943. The van der Waals surface area contributed by atoms with Gasteiger partial charge in [-0.15, -0.1) is 0 Å². The van der Waals surface area contributed by atoms with Gasteiger partial charge in [-0.3, -0.25) is 5.21 Å². The number of hydroxylamine groups is 1. The molecule has 1 aromatic heterocycles. The first kappa shape index (κ1) is 6.63. The summed E-state index contributed by atoms with van der Waals surface area (Å²) in [7, 11) is 0. The average Bonchev–Trinajstić information content (AvgIpc) is 2.40. The molecule has 1 rings (SSSR count). The Bertz CT molecular complexity index is 205. The molecule has 54 valence electrons. The molecular weight excluding hydrogens is 138 g/mol. The molecule has 5 nitrogen and oxygen atoms in total. The molecule has 1 heterocycles. The van der Waals surface area contributed by atoms with Crippen LogP contribution in [-0.4, -0.2) is 11.3 Å². The number of carbonyl (C=O) groups excluding carboxylic acids is 1. The van der Waals surface area contributed by atoms with E-state index in [1.54, 1.807) is 0 Å². The summed E-state index contributed by atoms with van der Waals surface area (Å²) in [5, 5.41) is 7.98. The Morgan fingerprint density at radius 3 is 3.10 bits per heavy atom. The zero-order valence-electron chi connectivity index (χ0n) is 4.90. The second kappa shape index (κ2) is 2.88. The SMILES string of the molecule is O=C(NO)Oc1ccoc1. The van der Waals surface area contributed by atoms with Gasteiger partial charge in [-0.05, 0) is 0 Å². The van der Waals surface area contributed by atoms with Crippen LogP contribution >= 0.6 is 0 Å². The van der Waals surface area contributed by atoms with Crippen LogP contribution in [0.3, 0.4) is 0 Å². The predicted molar refractivity (Wildman–Crippen MR) is 29.7 cm³/mol. The van der Waals surface area contributed by atoms with E-state index in [1.165, 1.54) is 24.1 Å². The number of rotatable bonds is 1. The van der Waals surface area contributed by atoms with Crippen LogP contribution in [-0.2, 0) is 0 Å². The van der Waals surface area contributed by atoms with Gasteiger partial charge >= 0.3 is 6.09 Å². The molecule has 2 N–H and O–H groups in total. The predicted octanol–water partition coefficient (Wildman–Crippen LogP) is 0.757. The summed E-state index contributed by atoms with van der Waals surface area (Å²) < 4.78 is 8.98. The number of hydrogen-bond acceptors (Lipinski definition) is 4. The van der Waals surface area contributed by atoms with Gasteiger partial charge in [0, 0.05) is 6.07 Å². The van der Waals surface area contributed by atoms with Gasteiger partial charge in [0.1, 0.15) is 6.26 Å². The fraction of sp³-hybridized carbons (Fsp3) is 0.